The molecule has 1 unspecified atom stereocenters. The van der Waals surface area contributed by atoms with Gasteiger partial charge < -0.3 is 10.4 Å². The molecule has 5 aromatic rings. The van der Waals surface area contributed by atoms with E-state index in [0.717, 1.165) is 33.6 Å². The number of aryl methyl sites for hydroxylation is 3. The molecule has 1 atom stereocenters. The van der Waals surface area contributed by atoms with Gasteiger partial charge in [-0.25, -0.2) is 4.68 Å². The predicted molar refractivity (Wildman–Crippen MR) is 155 cm³/mol. The third-order valence-corrected chi connectivity index (χ3v) is 7.26. The lowest BCUT2D eigenvalue weighted by Gasteiger charge is -2.29. The molecule has 0 amide bonds. The molecular formula is C32H31ClN4O. The Bertz CT molecular complexity index is 1530. The number of hydrogen-bond donors (Lipinski definition) is 2. The maximum absolute atomic E-state index is 12.5. The molecule has 38 heavy (non-hydrogen) atoms. The van der Waals surface area contributed by atoms with Gasteiger partial charge in [0.15, 0.2) is 5.60 Å². The fraction of sp³-hybridized carbons (Fsp3) is 0.188. The highest BCUT2D eigenvalue weighted by atomic mass is 35.5. The zero-order chi connectivity index (χ0) is 26.7. The highest BCUT2D eigenvalue weighted by molar-refractivity contribution is 6.30. The van der Waals surface area contributed by atoms with Crippen molar-refractivity contribution in [1.29, 1.82) is 0 Å². The van der Waals surface area contributed by atoms with Crippen molar-refractivity contribution in [2.75, 3.05) is 11.9 Å². The smallest absolute Gasteiger partial charge is 0.153 e. The van der Waals surface area contributed by atoms with Gasteiger partial charge in [0.25, 0.3) is 0 Å². The van der Waals surface area contributed by atoms with Crippen LogP contribution >= 0.6 is 11.6 Å². The Hall–Kier alpha value is -3.93. The van der Waals surface area contributed by atoms with Crippen molar-refractivity contribution >= 4 is 17.3 Å². The highest BCUT2D eigenvalue weighted by Gasteiger charge is 2.38. The molecule has 0 spiro atoms. The van der Waals surface area contributed by atoms with E-state index in [1.165, 1.54) is 11.1 Å². The Balaban J connectivity index is 1.64. The number of rotatable bonds is 8. The Labute approximate surface area is 228 Å². The molecule has 5 rings (SSSR count). The van der Waals surface area contributed by atoms with E-state index in [9.17, 15) is 5.11 Å². The maximum atomic E-state index is 12.5. The minimum absolute atomic E-state index is 0.211. The van der Waals surface area contributed by atoms with Crippen molar-refractivity contribution in [1.82, 2.24) is 15.0 Å². The second kappa shape index (κ2) is 10.8. The van der Waals surface area contributed by atoms with Crippen LogP contribution in [0.3, 0.4) is 0 Å². The molecule has 0 aliphatic carbocycles. The highest BCUT2D eigenvalue weighted by Crippen LogP contribution is 2.36. The molecule has 2 N–H and O–H groups in total. The summed E-state index contributed by atoms with van der Waals surface area (Å²) in [6.45, 7) is 6.93. The summed E-state index contributed by atoms with van der Waals surface area (Å²) in [7, 11) is 0. The van der Waals surface area contributed by atoms with Crippen LogP contribution in [0.25, 0.3) is 11.3 Å². The van der Waals surface area contributed by atoms with Crippen molar-refractivity contribution < 1.29 is 5.11 Å². The number of halogens is 1. The van der Waals surface area contributed by atoms with Gasteiger partial charge in [-0.05, 0) is 67.3 Å². The molecule has 0 aliphatic rings. The van der Waals surface area contributed by atoms with Crippen LogP contribution in [0.2, 0.25) is 5.02 Å². The SMILES string of the molecule is Cc1ccc(C(O)(CNc2ccc(C)c(C)c2)c2nnn(Cc3ccccc3)c2-c2ccc(Cl)cc2)cc1. The summed E-state index contributed by atoms with van der Waals surface area (Å²) in [6.07, 6.45) is 0. The largest absolute Gasteiger partial charge is 0.381 e. The Kier molecular flexibility index (Phi) is 7.32. The van der Waals surface area contributed by atoms with Gasteiger partial charge in [0.2, 0.25) is 0 Å². The van der Waals surface area contributed by atoms with Crippen LogP contribution in [-0.2, 0) is 12.1 Å². The van der Waals surface area contributed by atoms with Crippen LogP contribution in [0.5, 0.6) is 0 Å². The Morgan fingerprint density at radius 2 is 1.55 bits per heavy atom. The normalized spacial score (nSPS) is 12.8. The third kappa shape index (κ3) is 5.35. The molecule has 192 valence electrons. The minimum Gasteiger partial charge on any atom is -0.381 e. The van der Waals surface area contributed by atoms with Crippen LogP contribution in [0.4, 0.5) is 5.69 Å². The van der Waals surface area contributed by atoms with Crippen LogP contribution in [-0.4, -0.2) is 26.6 Å². The number of hydrogen-bond acceptors (Lipinski definition) is 4. The molecule has 0 saturated carbocycles. The van der Waals surface area contributed by atoms with Gasteiger partial charge in [-0.3, -0.25) is 0 Å². The summed E-state index contributed by atoms with van der Waals surface area (Å²) < 4.78 is 1.85. The van der Waals surface area contributed by atoms with E-state index in [-0.39, 0.29) is 6.54 Å². The first-order chi connectivity index (χ1) is 18.3. The van der Waals surface area contributed by atoms with Gasteiger partial charge >= 0.3 is 0 Å². The summed E-state index contributed by atoms with van der Waals surface area (Å²) in [6, 6.07) is 31.8. The van der Waals surface area contributed by atoms with Gasteiger partial charge in [0.05, 0.1) is 18.8 Å². The molecule has 0 bridgehead atoms. The zero-order valence-electron chi connectivity index (χ0n) is 21.8. The molecule has 0 radical (unpaired) electrons. The van der Waals surface area contributed by atoms with E-state index in [1.54, 1.807) is 0 Å². The topological polar surface area (TPSA) is 63.0 Å². The lowest BCUT2D eigenvalue weighted by Crippen LogP contribution is -2.36. The lowest BCUT2D eigenvalue weighted by molar-refractivity contribution is 0.0907. The monoisotopic (exact) mass is 522 g/mol. The van der Waals surface area contributed by atoms with Gasteiger partial charge in [0, 0.05) is 16.3 Å². The molecule has 4 aromatic carbocycles. The van der Waals surface area contributed by atoms with Crippen molar-refractivity contribution in [3.8, 4) is 11.3 Å². The van der Waals surface area contributed by atoms with Crippen molar-refractivity contribution in [3.05, 3.63) is 136 Å². The van der Waals surface area contributed by atoms with Crippen molar-refractivity contribution in [3.63, 3.8) is 0 Å². The van der Waals surface area contributed by atoms with Gasteiger partial charge in [-0.1, -0.05) is 95.2 Å². The van der Waals surface area contributed by atoms with E-state index in [0.29, 0.717) is 17.3 Å². The van der Waals surface area contributed by atoms with E-state index in [1.807, 2.05) is 84.4 Å². The Morgan fingerprint density at radius 3 is 2.24 bits per heavy atom. The average Bonchev–Trinajstić information content (AvgIpc) is 3.34. The number of aromatic nitrogens is 3. The Morgan fingerprint density at radius 1 is 0.842 bits per heavy atom. The number of benzene rings is 4. The first-order valence-corrected chi connectivity index (χ1v) is 13.1. The van der Waals surface area contributed by atoms with Gasteiger partial charge in [0.1, 0.15) is 5.69 Å². The number of nitrogens with one attached hydrogen (secondary N) is 1. The van der Waals surface area contributed by atoms with E-state index >= 15 is 0 Å². The van der Waals surface area contributed by atoms with Gasteiger partial charge in [-0.15, -0.1) is 5.10 Å². The summed E-state index contributed by atoms with van der Waals surface area (Å²) in [5.74, 6) is 0. The second-order valence-electron chi connectivity index (χ2n) is 9.82. The number of aliphatic hydroxyl groups is 1. The van der Waals surface area contributed by atoms with E-state index < -0.39 is 5.60 Å². The summed E-state index contributed by atoms with van der Waals surface area (Å²) in [4.78, 5) is 0. The second-order valence-corrected chi connectivity index (χ2v) is 10.3. The fourth-order valence-corrected chi connectivity index (χ4v) is 4.71. The molecule has 6 heteroatoms. The quantitative estimate of drug-likeness (QED) is 0.232. The van der Waals surface area contributed by atoms with Crippen LogP contribution in [0.1, 0.15) is 33.5 Å². The molecule has 0 aliphatic heterocycles. The summed E-state index contributed by atoms with van der Waals surface area (Å²) in [5, 5.41) is 25.8. The molecule has 1 aromatic heterocycles. The molecule has 1 heterocycles. The first kappa shape index (κ1) is 25.7. The molecule has 0 saturated heterocycles. The number of nitrogens with zero attached hydrogens (tertiary/aromatic N) is 3. The van der Waals surface area contributed by atoms with Crippen LogP contribution in [0.15, 0.2) is 97.1 Å². The molecule has 0 fully saturated rings. The molecular weight excluding hydrogens is 492 g/mol. The maximum Gasteiger partial charge on any atom is 0.153 e. The average molecular weight is 523 g/mol. The zero-order valence-corrected chi connectivity index (χ0v) is 22.6. The van der Waals surface area contributed by atoms with Crippen molar-refractivity contribution in [2.24, 2.45) is 0 Å². The lowest BCUT2D eigenvalue weighted by atomic mass is 9.87. The molecule has 5 nitrogen and oxygen atoms in total. The van der Waals surface area contributed by atoms with E-state index in [2.05, 4.69) is 53.7 Å². The first-order valence-electron chi connectivity index (χ1n) is 12.7. The van der Waals surface area contributed by atoms with Crippen LogP contribution in [0, 0.1) is 20.8 Å². The van der Waals surface area contributed by atoms with Crippen LogP contribution < -0.4 is 5.32 Å². The van der Waals surface area contributed by atoms with Crippen molar-refractivity contribution in [2.45, 2.75) is 32.9 Å². The predicted octanol–water partition coefficient (Wildman–Crippen LogP) is 6.92. The summed E-state index contributed by atoms with van der Waals surface area (Å²) in [5.41, 5.74) is 6.92. The summed E-state index contributed by atoms with van der Waals surface area (Å²) >= 11 is 6.23. The van der Waals surface area contributed by atoms with Gasteiger partial charge in [-0.2, -0.15) is 0 Å². The van der Waals surface area contributed by atoms with E-state index in [4.69, 9.17) is 11.6 Å². The fourth-order valence-electron chi connectivity index (χ4n) is 4.59. The third-order valence-electron chi connectivity index (χ3n) is 7.00. The minimum atomic E-state index is -1.46. The number of anilines is 1. The standard InChI is InChI=1S/C32H31ClN4O/c1-22-9-14-27(15-10-22)32(38,21-34-29-18-11-23(2)24(3)19-29)31-30(26-12-16-28(33)17-13-26)37(36-35-31)20-25-7-5-4-6-8-25/h4-19,34,38H,20-21H2,1-3H3.